The lowest BCUT2D eigenvalue weighted by Gasteiger charge is -2.52. The Bertz CT molecular complexity index is 1450. The molecule has 1 aliphatic heterocycles. The minimum Gasteiger partial charge on any atom is -0.505 e. The third-order valence-corrected chi connectivity index (χ3v) is 9.63. The normalized spacial score (nSPS) is 32.6. The Hall–Kier alpha value is -3.59. The van der Waals surface area contributed by atoms with Gasteiger partial charge in [-0.1, -0.05) is 0 Å². The van der Waals surface area contributed by atoms with Crippen molar-refractivity contribution in [1.29, 1.82) is 0 Å². The van der Waals surface area contributed by atoms with Crippen molar-refractivity contribution in [3.63, 3.8) is 0 Å². The molecule has 4 aliphatic rings. The van der Waals surface area contributed by atoms with Crippen LogP contribution in [0.1, 0.15) is 28.8 Å². The molecular formula is C29H36FN5O8. The van der Waals surface area contributed by atoms with Crippen LogP contribution in [-0.4, -0.2) is 125 Å². The predicted molar refractivity (Wildman–Crippen MR) is 148 cm³/mol. The average molecular weight is 602 g/mol. The van der Waals surface area contributed by atoms with Gasteiger partial charge in [-0.2, -0.15) is 0 Å². The maximum Gasteiger partial charge on any atom is 0.238 e. The second-order valence-corrected chi connectivity index (χ2v) is 12.6. The van der Waals surface area contributed by atoms with E-state index in [1.807, 2.05) is 19.0 Å². The fraction of sp³-hybridized carbons (Fsp3) is 0.586. The van der Waals surface area contributed by atoms with Crippen molar-refractivity contribution in [3.8, 4) is 5.75 Å². The Labute approximate surface area is 247 Å². The van der Waals surface area contributed by atoms with Crippen LogP contribution in [0.5, 0.6) is 5.75 Å². The summed E-state index contributed by atoms with van der Waals surface area (Å²) >= 11 is 0. The van der Waals surface area contributed by atoms with Gasteiger partial charge in [-0.25, -0.2) is 4.39 Å². The third kappa shape index (κ3) is 4.76. The van der Waals surface area contributed by atoms with Gasteiger partial charge in [-0.15, -0.1) is 0 Å². The molecule has 5 rings (SSSR count). The number of primary amides is 1. The summed E-state index contributed by atoms with van der Waals surface area (Å²) in [7, 11) is 6.85. The van der Waals surface area contributed by atoms with Crippen molar-refractivity contribution in [1.82, 2.24) is 14.7 Å². The second kappa shape index (κ2) is 10.8. The molecule has 232 valence electrons. The molecule has 1 aromatic rings. The summed E-state index contributed by atoms with van der Waals surface area (Å²) in [5, 5.41) is 25.2. The largest absolute Gasteiger partial charge is 0.505 e. The Kier molecular flexibility index (Phi) is 7.78. The zero-order valence-electron chi connectivity index (χ0n) is 24.4. The second-order valence-electron chi connectivity index (χ2n) is 12.6. The number of amides is 2. The number of benzene rings is 1. The predicted octanol–water partition coefficient (Wildman–Crippen LogP) is -1.42. The number of hydrogen-bond acceptors (Lipinski definition) is 11. The number of anilines is 1. The molecule has 14 heteroatoms. The number of fused-ring (bicyclic) bond motifs is 3. The first-order valence-electron chi connectivity index (χ1n) is 14.2. The van der Waals surface area contributed by atoms with Gasteiger partial charge in [0.2, 0.25) is 11.8 Å². The van der Waals surface area contributed by atoms with Gasteiger partial charge in [0.15, 0.2) is 34.7 Å². The van der Waals surface area contributed by atoms with Gasteiger partial charge in [0, 0.05) is 36.7 Å². The van der Waals surface area contributed by atoms with E-state index >= 15 is 4.39 Å². The van der Waals surface area contributed by atoms with Crippen LogP contribution in [0.4, 0.5) is 10.1 Å². The van der Waals surface area contributed by atoms with E-state index in [4.69, 9.17) is 5.73 Å². The topological polar surface area (TPSA) is 191 Å². The first-order chi connectivity index (χ1) is 20.1. The fourth-order valence-electron chi connectivity index (χ4n) is 7.49. The number of carbonyl (C=O) groups excluding carboxylic acids is 6. The summed E-state index contributed by atoms with van der Waals surface area (Å²) in [6, 6.07) is -0.0574. The smallest absolute Gasteiger partial charge is 0.238 e. The highest BCUT2D eigenvalue weighted by atomic mass is 19.1. The lowest BCUT2D eigenvalue weighted by molar-refractivity contribution is -0.181. The molecule has 1 saturated heterocycles. The van der Waals surface area contributed by atoms with Gasteiger partial charge in [-0.05, 0) is 53.4 Å². The molecule has 0 spiro atoms. The molecule has 7 atom stereocenters. The number of aliphatic hydroxyl groups is 1. The van der Waals surface area contributed by atoms with Crippen LogP contribution in [0, 0.1) is 29.5 Å². The van der Waals surface area contributed by atoms with Crippen LogP contribution in [-0.2, 0) is 30.4 Å². The van der Waals surface area contributed by atoms with Gasteiger partial charge in [-0.3, -0.25) is 38.6 Å². The molecule has 0 aromatic heterocycles. The number of phenolic OH excluding ortho intramolecular Hbond substituents is 1. The number of halogens is 1. The van der Waals surface area contributed by atoms with E-state index < -0.39 is 87.4 Å². The number of rotatable bonds is 6. The Morgan fingerprint density at radius 1 is 1.14 bits per heavy atom. The Balaban J connectivity index is 1.47. The van der Waals surface area contributed by atoms with Gasteiger partial charge >= 0.3 is 0 Å². The van der Waals surface area contributed by atoms with Gasteiger partial charge < -0.3 is 26.2 Å². The van der Waals surface area contributed by atoms with E-state index in [1.54, 1.807) is 0 Å². The standard InChI is InChI=1S/C29H36FN5O8/c1-33(2)13-5-6-35(10-13)11-18(36)32-17-9-16(30)14-7-12-8-15-22(34(3)4)25(39)21(28(31)42)27(41)29(15,43)26(40)19(12)24(38)20(14)23(17)37/h9,12-13,15,19,21-22,37,43H,5-8,10-11H2,1-4H3,(H2,31,42)(H,32,36)/t12-,13+,15-,19?,21?,22-,29-/m0/s1. The van der Waals surface area contributed by atoms with Crippen LogP contribution in [0.15, 0.2) is 6.07 Å². The van der Waals surface area contributed by atoms with E-state index in [9.17, 15) is 39.0 Å². The summed E-state index contributed by atoms with van der Waals surface area (Å²) in [6.45, 7) is 1.29. The van der Waals surface area contributed by atoms with Crippen molar-refractivity contribution >= 4 is 40.6 Å². The summed E-state index contributed by atoms with van der Waals surface area (Å²) in [5.74, 6) is -13.9. The van der Waals surface area contributed by atoms with Crippen LogP contribution in [0.25, 0.3) is 0 Å². The summed E-state index contributed by atoms with van der Waals surface area (Å²) in [5.41, 5.74) is 1.41. The summed E-state index contributed by atoms with van der Waals surface area (Å²) in [4.78, 5) is 84.4. The summed E-state index contributed by atoms with van der Waals surface area (Å²) < 4.78 is 15.5. The van der Waals surface area contributed by atoms with Crippen molar-refractivity contribution < 1.29 is 43.4 Å². The quantitative estimate of drug-likeness (QED) is 0.221. The van der Waals surface area contributed by atoms with Gasteiger partial charge in [0.05, 0.1) is 29.8 Å². The van der Waals surface area contributed by atoms with E-state index in [0.29, 0.717) is 13.1 Å². The average Bonchev–Trinajstić information content (AvgIpc) is 3.37. The number of ketones is 4. The van der Waals surface area contributed by atoms with Gasteiger partial charge in [0.1, 0.15) is 11.6 Å². The molecule has 2 unspecified atom stereocenters. The molecule has 13 nitrogen and oxygen atoms in total. The maximum atomic E-state index is 15.5. The number of aromatic hydroxyl groups is 1. The number of nitrogens with zero attached hydrogens (tertiary/aromatic N) is 3. The van der Waals surface area contributed by atoms with Crippen molar-refractivity contribution in [3.05, 3.63) is 23.0 Å². The number of phenols is 1. The van der Waals surface area contributed by atoms with Crippen LogP contribution in [0.2, 0.25) is 0 Å². The Morgan fingerprint density at radius 2 is 1.81 bits per heavy atom. The van der Waals surface area contributed by atoms with Crippen molar-refractivity contribution in [2.24, 2.45) is 29.4 Å². The molecule has 1 heterocycles. The molecule has 1 aromatic carbocycles. The molecule has 5 N–H and O–H groups in total. The zero-order valence-corrected chi connectivity index (χ0v) is 24.4. The number of nitrogens with two attached hydrogens (primary N) is 1. The molecule has 3 fully saturated rings. The van der Waals surface area contributed by atoms with Crippen molar-refractivity contribution in [2.75, 3.05) is 53.1 Å². The van der Waals surface area contributed by atoms with Gasteiger partial charge in [0.25, 0.3) is 0 Å². The first kappa shape index (κ1) is 30.9. The highest BCUT2D eigenvalue weighted by molar-refractivity contribution is 6.32. The fourth-order valence-corrected chi connectivity index (χ4v) is 7.49. The molecule has 2 saturated carbocycles. The molecule has 0 bridgehead atoms. The minimum absolute atomic E-state index is 0.0249. The van der Waals surface area contributed by atoms with Crippen LogP contribution in [0.3, 0.4) is 0 Å². The number of likely N-dealkylation sites (N-methyl/N-ethyl adjacent to an activating group) is 2. The van der Waals surface area contributed by atoms with Crippen LogP contribution >= 0.6 is 0 Å². The monoisotopic (exact) mass is 601 g/mol. The SMILES string of the molecule is CN(C)[C@@H]1CCN(CC(=O)Nc2cc(F)c3c(c2O)C(=O)C2C(=O)[C@]4(O)C(=O)C(C(N)=O)C(=O)[C@@H](N(C)C)[C@@H]4C[C@@H]2C3)C1. The highest BCUT2D eigenvalue weighted by Gasteiger charge is 2.69. The van der Waals surface area contributed by atoms with E-state index in [1.165, 1.54) is 19.0 Å². The number of hydrogen-bond donors (Lipinski definition) is 4. The molecule has 3 aliphatic carbocycles. The minimum atomic E-state index is -2.88. The maximum absolute atomic E-state index is 15.5. The highest BCUT2D eigenvalue weighted by Crippen LogP contribution is 2.51. The lowest BCUT2D eigenvalue weighted by atomic mass is 9.52. The lowest BCUT2D eigenvalue weighted by Crippen LogP contribution is -2.74. The molecule has 43 heavy (non-hydrogen) atoms. The van der Waals surface area contributed by atoms with E-state index in [0.717, 1.165) is 12.5 Å². The van der Waals surface area contributed by atoms with E-state index in [-0.39, 0.29) is 36.7 Å². The van der Waals surface area contributed by atoms with Crippen LogP contribution < -0.4 is 11.1 Å². The Morgan fingerprint density at radius 3 is 2.40 bits per heavy atom. The first-order valence-corrected chi connectivity index (χ1v) is 14.2. The molecule has 2 amide bonds. The van der Waals surface area contributed by atoms with Crippen molar-refractivity contribution in [2.45, 2.75) is 36.9 Å². The third-order valence-electron chi connectivity index (χ3n) is 9.63. The number of carbonyl (C=O) groups is 6. The molecule has 0 radical (unpaired) electrons. The number of nitrogens with one attached hydrogen (secondary N) is 1. The summed E-state index contributed by atoms with van der Waals surface area (Å²) in [6.07, 6.45) is 0.467. The van der Waals surface area contributed by atoms with E-state index in [2.05, 4.69) is 10.2 Å². The number of Topliss-reactive ketones (excluding diaryl/α,β-unsaturated/α-hetero) is 4. The number of likely N-dealkylation sites (tertiary alicyclic amines) is 1. The zero-order chi connectivity index (χ0) is 31.7. The molecular weight excluding hydrogens is 565 g/mol.